The fourth-order valence-electron chi connectivity index (χ4n) is 2.49. The summed E-state index contributed by atoms with van der Waals surface area (Å²) in [5.41, 5.74) is 7.44. The Labute approximate surface area is 95.6 Å². The molecule has 2 N–H and O–H groups in total. The van der Waals surface area contributed by atoms with E-state index in [1.165, 1.54) is 6.07 Å². The van der Waals surface area contributed by atoms with E-state index in [4.69, 9.17) is 10.5 Å². The summed E-state index contributed by atoms with van der Waals surface area (Å²) in [7, 11) is 1.64. The average Bonchev–Trinajstić information content (AvgIpc) is 2.69. The fourth-order valence-corrected chi connectivity index (χ4v) is 2.49. The van der Waals surface area contributed by atoms with Crippen LogP contribution in [0.5, 0.6) is 0 Å². The van der Waals surface area contributed by atoms with Crippen LogP contribution in [0.2, 0.25) is 0 Å². The quantitative estimate of drug-likeness (QED) is 0.855. The van der Waals surface area contributed by atoms with Gasteiger partial charge in [-0.25, -0.2) is 4.39 Å². The van der Waals surface area contributed by atoms with Crippen LogP contribution in [0, 0.1) is 5.82 Å². The SMILES string of the molecule is COCc1ccc(F)c(C2(N)CCCC2)c1. The van der Waals surface area contributed by atoms with Crippen molar-refractivity contribution in [1.82, 2.24) is 0 Å². The van der Waals surface area contributed by atoms with Gasteiger partial charge in [-0.05, 0) is 30.5 Å². The van der Waals surface area contributed by atoms with E-state index in [1.54, 1.807) is 13.2 Å². The Balaban J connectivity index is 2.34. The van der Waals surface area contributed by atoms with E-state index in [-0.39, 0.29) is 5.82 Å². The molecule has 1 aliphatic rings. The molecule has 0 spiro atoms. The molecule has 1 aliphatic carbocycles. The largest absolute Gasteiger partial charge is 0.380 e. The van der Waals surface area contributed by atoms with E-state index in [2.05, 4.69) is 0 Å². The molecule has 88 valence electrons. The minimum atomic E-state index is -0.464. The zero-order chi connectivity index (χ0) is 11.6. The lowest BCUT2D eigenvalue weighted by molar-refractivity contribution is 0.184. The summed E-state index contributed by atoms with van der Waals surface area (Å²) in [6.07, 6.45) is 3.93. The molecule has 16 heavy (non-hydrogen) atoms. The van der Waals surface area contributed by atoms with Crippen molar-refractivity contribution in [3.05, 3.63) is 35.1 Å². The van der Waals surface area contributed by atoms with Crippen LogP contribution < -0.4 is 5.73 Å². The molecule has 0 atom stereocenters. The minimum Gasteiger partial charge on any atom is -0.380 e. The first kappa shape index (κ1) is 11.6. The van der Waals surface area contributed by atoms with Crippen LogP contribution in [-0.2, 0) is 16.9 Å². The van der Waals surface area contributed by atoms with Crippen LogP contribution in [0.1, 0.15) is 36.8 Å². The lowest BCUT2D eigenvalue weighted by atomic mass is 9.88. The van der Waals surface area contributed by atoms with Gasteiger partial charge in [0.25, 0.3) is 0 Å². The Bertz CT molecular complexity index is 372. The summed E-state index contributed by atoms with van der Waals surface area (Å²) < 4.78 is 18.8. The Kier molecular flexibility index (Phi) is 3.26. The zero-order valence-electron chi connectivity index (χ0n) is 9.63. The van der Waals surface area contributed by atoms with Gasteiger partial charge < -0.3 is 10.5 Å². The van der Waals surface area contributed by atoms with E-state index >= 15 is 0 Å². The normalized spacial score (nSPS) is 18.9. The van der Waals surface area contributed by atoms with E-state index in [9.17, 15) is 4.39 Å². The highest BCUT2D eigenvalue weighted by molar-refractivity contribution is 5.31. The van der Waals surface area contributed by atoms with Gasteiger partial charge in [0.05, 0.1) is 6.61 Å². The van der Waals surface area contributed by atoms with Gasteiger partial charge in [-0.1, -0.05) is 18.9 Å². The van der Waals surface area contributed by atoms with Crippen molar-refractivity contribution in [3.8, 4) is 0 Å². The van der Waals surface area contributed by atoms with Crippen molar-refractivity contribution >= 4 is 0 Å². The van der Waals surface area contributed by atoms with Crippen molar-refractivity contribution in [2.45, 2.75) is 37.8 Å². The van der Waals surface area contributed by atoms with Crippen molar-refractivity contribution in [2.24, 2.45) is 5.73 Å². The van der Waals surface area contributed by atoms with Crippen molar-refractivity contribution < 1.29 is 9.13 Å². The van der Waals surface area contributed by atoms with E-state index in [0.29, 0.717) is 12.2 Å². The van der Waals surface area contributed by atoms with Gasteiger partial charge in [0, 0.05) is 18.2 Å². The van der Waals surface area contributed by atoms with Crippen LogP contribution in [-0.4, -0.2) is 7.11 Å². The second-order valence-electron chi connectivity index (χ2n) is 4.61. The molecule has 0 aromatic heterocycles. The van der Waals surface area contributed by atoms with Crippen molar-refractivity contribution in [3.63, 3.8) is 0 Å². The third kappa shape index (κ3) is 2.11. The molecule has 2 rings (SSSR count). The van der Waals surface area contributed by atoms with Gasteiger partial charge in [0.2, 0.25) is 0 Å². The molecule has 0 unspecified atom stereocenters. The summed E-state index contributed by atoms with van der Waals surface area (Å²) in [6, 6.07) is 5.10. The smallest absolute Gasteiger partial charge is 0.128 e. The second-order valence-corrected chi connectivity index (χ2v) is 4.61. The first-order valence-corrected chi connectivity index (χ1v) is 5.72. The highest BCUT2D eigenvalue weighted by Gasteiger charge is 2.33. The fraction of sp³-hybridized carbons (Fsp3) is 0.538. The van der Waals surface area contributed by atoms with Crippen LogP contribution in [0.25, 0.3) is 0 Å². The standard InChI is InChI=1S/C13H18FNO/c1-16-9-10-4-5-12(14)11(8-10)13(15)6-2-3-7-13/h4-5,8H,2-3,6-7,9,15H2,1H3. The highest BCUT2D eigenvalue weighted by atomic mass is 19.1. The molecule has 0 heterocycles. The molecule has 0 aliphatic heterocycles. The molecular formula is C13H18FNO. The Morgan fingerprint density at radius 1 is 1.38 bits per heavy atom. The number of halogens is 1. The molecule has 2 nitrogen and oxygen atoms in total. The summed E-state index contributed by atoms with van der Waals surface area (Å²) >= 11 is 0. The first-order valence-electron chi connectivity index (χ1n) is 5.72. The minimum absolute atomic E-state index is 0.191. The van der Waals surface area contributed by atoms with E-state index < -0.39 is 5.54 Å². The van der Waals surface area contributed by atoms with Crippen LogP contribution >= 0.6 is 0 Å². The predicted molar refractivity (Wildman–Crippen MR) is 61.4 cm³/mol. The molecule has 1 aromatic rings. The van der Waals surface area contributed by atoms with Crippen molar-refractivity contribution in [1.29, 1.82) is 0 Å². The first-order chi connectivity index (χ1) is 7.65. The summed E-state index contributed by atoms with van der Waals surface area (Å²) in [5.74, 6) is -0.191. The molecule has 0 radical (unpaired) electrons. The summed E-state index contributed by atoms with van der Waals surface area (Å²) in [5, 5.41) is 0. The van der Waals surface area contributed by atoms with Gasteiger partial charge in [0.1, 0.15) is 5.82 Å². The Morgan fingerprint density at radius 3 is 2.69 bits per heavy atom. The molecule has 0 amide bonds. The van der Waals surface area contributed by atoms with Gasteiger partial charge >= 0.3 is 0 Å². The zero-order valence-corrected chi connectivity index (χ0v) is 9.63. The van der Waals surface area contributed by atoms with E-state index in [1.807, 2.05) is 6.07 Å². The number of methoxy groups -OCH3 is 1. The second kappa shape index (κ2) is 4.52. The maximum absolute atomic E-state index is 13.8. The van der Waals surface area contributed by atoms with Gasteiger partial charge in [-0.3, -0.25) is 0 Å². The van der Waals surface area contributed by atoms with Gasteiger partial charge in [0.15, 0.2) is 0 Å². The van der Waals surface area contributed by atoms with Crippen LogP contribution in [0.3, 0.4) is 0 Å². The van der Waals surface area contributed by atoms with Gasteiger partial charge in [-0.2, -0.15) is 0 Å². The average molecular weight is 223 g/mol. The number of benzene rings is 1. The third-order valence-electron chi connectivity index (χ3n) is 3.37. The monoisotopic (exact) mass is 223 g/mol. The lowest BCUT2D eigenvalue weighted by Crippen LogP contribution is -2.34. The number of rotatable bonds is 3. The molecule has 1 aromatic carbocycles. The lowest BCUT2D eigenvalue weighted by Gasteiger charge is -2.25. The van der Waals surface area contributed by atoms with Gasteiger partial charge in [-0.15, -0.1) is 0 Å². The molecule has 1 fully saturated rings. The third-order valence-corrected chi connectivity index (χ3v) is 3.37. The molecule has 3 heteroatoms. The molecule has 0 bridgehead atoms. The van der Waals surface area contributed by atoms with Crippen molar-refractivity contribution in [2.75, 3.05) is 7.11 Å². The van der Waals surface area contributed by atoms with E-state index in [0.717, 1.165) is 31.2 Å². The summed E-state index contributed by atoms with van der Waals surface area (Å²) in [6.45, 7) is 0.503. The van der Waals surface area contributed by atoms with Crippen LogP contribution in [0.4, 0.5) is 4.39 Å². The van der Waals surface area contributed by atoms with Crippen LogP contribution in [0.15, 0.2) is 18.2 Å². The maximum atomic E-state index is 13.8. The molecular weight excluding hydrogens is 205 g/mol. The number of ether oxygens (including phenoxy) is 1. The highest BCUT2D eigenvalue weighted by Crippen LogP contribution is 2.37. The molecule has 0 saturated heterocycles. The number of hydrogen-bond donors (Lipinski definition) is 1. The Morgan fingerprint density at radius 2 is 2.06 bits per heavy atom. The molecule has 1 saturated carbocycles. The topological polar surface area (TPSA) is 35.2 Å². The Hall–Kier alpha value is -0.930. The predicted octanol–water partition coefficient (Wildman–Crippen LogP) is 2.70. The maximum Gasteiger partial charge on any atom is 0.128 e. The number of hydrogen-bond acceptors (Lipinski definition) is 2. The summed E-state index contributed by atoms with van der Waals surface area (Å²) in [4.78, 5) is 0. The number of nitrogens with two attached hydrogens (primary N) is 1.